The number of ether oxygens (including phenoxy) is 2. The Morgan fingerprint density at radius 2 is 2.15 bits per heavy atom. The lowest BCUT2D eigenvalue weighted by Crippen LogP contribution is -2.41. The number of hydrogen-bond acceptors (Lipinski definition) is 4. The standard InChI is InChI=1S/C19H28ClN3O3.HI/c1-5-21-19(23-11-13(2)16(12-23)18(24)26-4)22-10-17(25-3)14-7-6-8-15(20)9-14;/h6-9,13,16-17H,5,10-12H2,1-4H3,(H,21,22);1H. The molecule has 0 saturated carbocycles. The zero-order valence-electron chi connectivity index (χ0n) is 16.3. The molecule has 2 rings (SSSR count). The fourth-order valence-electron chi connectivity index (χ4n) is 3.22. The van der Waals surface area contributed by atoms with Gasteiger partial charge in [0.2, 0.25) is 0 Å². The Hall–Kier alpha value is -1.06. The molecule has 1 N–H and O–H groups in total. The largest absolute Gasteiger partial charge is 0.469 e. The number of esters is 1. The Balaban J connectivity index is 0.00000364. The van der Waals surface area contributed by atoms with Gasteiger partial charge >= 0.3 is 5.97 Å². The van der Waals surface area contributed by atoms with Crippen LogP contribution < -0.4 is 5.32 Å². The number of carbonyl (C=O) groups excluding carboxylic acids is 1. The van der Waals surface area contributed by atoms with E-state index >= 15 is 0 Å². The number of benzene rings is 1. The number of hydrogen-bond donors (Lipinski definition) is 1. The molecule has 0 bridgehead atoms. The highest BCUT2D eigenvalue weighted by molar-refractivity contribution is 14.0. The first-order valence-electron chi connectivity index (χ1n) is 8.89. The summed E-state index contributed by atoms with van der Waals surface area (Å²) in [4.78, 5) is 18.8. The third-order valence-electron chi connectivity index (χ3n) is 4.66. The molecule has 0 aromatic heterocycles. The molecule has 6 nitrogen and oxygen atoms in total. The Bertz CT molecular complexity index is 644. The normalized spacial score (nSPS) is 20.8. The summed E-state index contributed by atoms with van der Waals surface area (Å²) in [7, 11) is 3.10. The first-order chi connectivity index (χ1) is 12.5. The fourth-order valence-corrected chi connectivity index (χ4v) is 3.41. The SMILES string of the molecule is CCNC(=NCC(OC)c1cccc(Cl)c1)N1CC(C)C(C(=O)OC)C1.I. The monoisotopic (exact) mass is 509 g/mol. The molecule has 3 atom stereocenters. The van der Waals surface area contributed by atoms with Gasteiger partial charge in [0.25, 0.3) is 0 Å². The maximum atomic E-state index is 11.9. The van der Waals surface area contributed by atoms with Gasteiger partial charge in [-0.25, -0.2) is 0 Å². The second kappa shape index (κ2) is 11.7. The summed E-state index contributed by atoms with van der Waals surface area (Å²) in [5, 5.41) is 3.98. The molecule has 0 amide bonds. The van der Waals surface area contributed by atoms with Crippen molar-refractivity contribution in [2.45, 2.75) is 20.0 Å². The van der Waals surface area contributed by atoms with Crippen molar-refractivity contribution in [1.82, 2.24) is 10.2 Å². The van der Waals surface area contributed by atoms with Gasteiger partial charge in [-0.1, -0.05) is 30.7 Å². The van der Waals surface area contributed by atoms with Crippen molar-refractivity contribution < 1.29 is 14.3 Å². The first-order valence-corrected chi connectivity index (χ1v) is 9.27. The maximum absolute atomic E-state index is 11.9. The molecule has 152 valence electrons. The van der Waals surface area contributed by atoms with Gasteiger partial charge in [0.15, 0.2) is 5.96 Å². The third-order valence-corrected chi connectivity index (χ3v) is 4.90. The van der Waals surface area contributed by atoms with Crippen LogP contribution in [0.2, 0.25) is 5.02 Å². The molecule has 1 aliphatic rings. The molecule has 0 spiro atoms. The van der Waals surface area contributed by atoms with Crippen LogP contribution >= 0.6 is 35.6 Å². The summed E-state index contributed by atoms with van der Waals surface area (Å²) in [6, 6.07) is 7.61. The molecule has 8 heteroatoms. The topological polar surface area (TPSA) is 63.2 Å². The average Bonchev–Trinajstić information content (AvgIpc) is 3.02. The van der Waals surface area contributed by atoms with Crippen molar-refractivity contribution in [2.24, 2.45) is 16.8 Å². The van der Waals surface area contributed by atoms with Gasteiger partial charge in [-0.2, -0.15) is 0 Å². The lowest BCUT2D eigenvalue weighted by molar-refractivity contribution is -0.145. The minimum absolute atomic E-state index is 0. The molecule has 3 unspecified atom stereocenters. The summed E-state index contributed by atoms with van der Waals surface area (Å²) in [6.07, 6.45) is -0.182. The summed E-state index contributed by atoms with van der Waals surface area (Å²) in [5.41, 5.74) is 0.988. The van der Waals surface area contributed by atoms with Crippen LogP contribution in [-0.2, 0) is 14.3 Å². The number of carbonyl (C=O) groups is 1. The van der Waals surface area contributed by atoms with Crippen molar-refractivity contribution in [1.29, 1.82) is 0 Å². The van der Waals surface area contributed by atoms with Crippen LogP contribution in [0.25, 0.3) is 0 Å². The van der Waals surface area contributed by atoms with Crippen LogP contribution in [0, 0.1) is 11.8 Å². The highest BCUT2D eigenvalue weighted by Crippen LogP contribution is 2.25. The predicted molar refractivity (Wildman–Crippen MR) is 119 cm³/mol. The fraction of sp³-hybridized carbons (Fsp3) is 0.579. The summed E-state index contributed by atoms with van der Waals surface area (Å²) in [6.45, 7) is 6.68. The molecule has 1 aliphatic heterocycles. The minimum Gasteiger partial charge on any atom is -0.469 e. The van der Waals surface area contributed by atoms with Gasteiger partial charge in [-0.15, -0.1) is 24.0 Å². The van der Waals surface area contributed by atoms with Crippen LogP contribution in [0.3, 0.4) is 0 Å². The second-order valence-corrected chi connectivity index (χ2v) is 6.92. The van der Waals surface area contributed by atoms with E-state index in [0.29, 0.717) is 18.1 Å². The van der Waals surface area contributed by atoms with Gasteiger partial charge in [0.1, 0.15) is 6.10 Å². The maximum Gasteiger partial charge on any atom is 0.310 e. The van der Waals surface area contributed by atoms with Gasteiger partial charge in [-0.3, -0.25) is 9.79 Å². The molecular formula is C19H29ClIN3O3. The van der Waals surface area contributed by atoms with Gasteiger partial charge < -0.3 is 19.7 Å². The first kappa shape index (κ1) is 24.0. The molecule has 27 heavy (non-hydrogen) atoms. The Kier molecular flexibility index (Phi) is 10.4. The van der Waals surface area contributed by atoms with Crippen LogP contribution in [0.15, 0.2) is 29.3 Å². The van der Waals surface area contributed by atoms with Gasteiger partial charge in [0.05, 0.1) is 19.6 Å². The Morgan fingerprint density at radius 3 is 2.74 bits per heavy atom. The smallest absolute Gasteiger partial charge is 0.310 e. The van der Waals surface area contributed by atoms with E-state index in [-0.39, 0.29) is 47.9 Å². The van der Waals surface area contributed by atoms with Crippen LogP contribution in [0.4, 0.5) is 0 Å². The summed E-state index contributed by atoms with van der Waals surface area (Å²) >= 11 is 6.08. The quantitative estimate of drug-likeness (QED) is 0.276. The summed E-state index contributed by atoms with van der Waals surface area (Å²) < 4.78 is 10.5. The number of rotatable bonds is 6. The lowest BCUT2D eigenvalue weighted by atomic mass is 9.99. The van der Waals surface area contributed by atoms with E-state index in [0.717, 1.165) is 24.6 Å². The zero-order chi connectivity index (χ0) is 19.1. The highest BCUT2D eigenvalue weighted by Gasteiger charge is 2.36. The zero-order valence-corrected chi connectivity index (χ0v) is 19.4. The van der Waals surface area contributed by atoms with Crippen LogP contribution in [0.5, 0.6) is 0 Å². The van der Waals surface area contributed by atoms with E-state index in [4.69, 9.17) is 26.1 Å². The van der Waals surface area contributed by atoms with E-state index in [9.17, 15) is 4.79 Å². The van der Waals surface area contributed by atoms with E-state index in [1.807, 2.05) is 31.2 Å². The van der Waals surface area contributed by atoms with E-state index in [2.05, 4.69) is 17.1 Å². The molecule has 1 heterocycles. The van der Waals surface area contributed by atoms with Crippen LogP contribution in [0.1, 0.15) is 25.5 Å². The number of aliphatic imine (C=N–C) groups is 1. The second-order valence-electron chi connectivity index (χ2n) is 6.49. The number of guanidine groups is 1. The Labute approximate surface area is 183 Å². The predicted octanol–water partition coefficient (Wildman–Crippen LogP) is 3.35. The van der Waals surface area contributed by atoms with Crippen molar-refractivity contribution in [2.75, 3.05) is 40.4 Å². The average molecular weight is 510 g/mol. The van der Waals surface area contributed by atoms with E-state index in [1.165, 1.54) is 7.11 Å². The summed E-state index contributed by atoms with van der Waals surface area (Å²) in [5.74, 6) is 0.715. The molecule has 1 saturated heterocycles. The molecule has 1 aromatic carbocycles. The van der Waals surface area contributed by atoms with Crippen molar-refractivity contribution in [3.8, 4) is 0 Å². The van der Waals surface area contributed by atoms with Crippen molar-refractivity contribution in [3.05, 3.63) is 34.9 Å². The molecule has 0 radical (unpaired) electrons. The van der Waals surface area contributed by atoms with E-state index in [1.54, 1.807) is 7.11 Å². The van der Waals surface area contributed by atoms with Crippen molar-refractivity contribution in [3.63, 3.8) is 0 Å². The number of likely N-dealkylation sites (tertiary alicyclic amines) is 1. The van der Waals surface area contributed by atoms with Crippen LogP contribution in [-0.4, -0.2) is 57.2 Å². The van der Waals surface area contributed by atoms with Crippen molar-refractivity contribution >= 4 is 47.5 Å². The lowest BCUT2D eigenvalue weighted by Gasteiger charge is -2.22. The third kappa shape index (κ3) is 6.50. The number of nitrogens with one attached hydrogen (secondary N) is 1. The highest BCUT2D eigenvalue weighted by atomic mass is 127. The van der Waals surface area contributed by atoms with E-state index < -0.39 is 0 Å². The number of methoxy groups -OCH3 is 2. The molecule has 1 aromatic rings. The molecular weight excluding hydrogens is 481 g/mol. The van der Waals surface area contributed by atoms with Gasteiger partial charge in [0, 0.05) is 31.8 Å². The van der Waals surface area contributed by atoms with Gasteiger partial charge in [-0.05, 0) is 30.5 Å². The molecule has 1 fully saturated rings. The number of halogens is 2. The molecule has 0 aliphatic carbocycles. The Morgan fingerprint density at radius 1 is 1.41 bits per heavy atom. The minimum atomic E-state index is -0.182. The number of nitrogens with zero attached hydrogens (tertiary/aromatic N) is 2.